The first-order valence-corrected chi connectivity index (χ1v) is 10.7. The Morgan fingerprint density at radius 3 is 2.68 bits per heavy atom. The number of ether oxygens (including phenoxy) is 4. The van der Waals surface area contributed by atoms with Crippen molar-refractivity contribution in [1.82, 2.24) is 0 Å². The van der Waals surface area contributed by atoms with Crippen molar-refractivity contribution in [2.24, 2.45) is 0 Å². The molecule has 0 bridgehead atoms. The van der Waals surface area contributed by atoms with Gasteiger partial charge in [0.2, 0.25) is 0 Å². The molecular formula is C23H19NO6S. The Kier molecular flexibility index (Phi) is 4.99. The third kappa shape index (κ3) is 3.82. The number of anilines is 1. The van der Waals surface area contributed by atoms with E-state index in [2.05, 4.69) is 5.32 Å². The zero-order valence-corrected chi connectivity index (χ0v) is 17.5. The lowest BCUT2D eigenvalue weighted by Crippen LogP contribution is -2.29. The molecule has 8 heteroatoms. The summed E-state index contributed by atoms with van der Waals surface area (Å²) in [7, 11) is 0. The molecule has 3 aromatic rings. The summed E-state index contributed by atoms with van der Waals surface area (Å²) in [6, 6.07) is 14.6. The van der Waals surface area contributed by atoms with Crippen molar-refractivity contribution in [3.05, 3.63) is 59.0 Å². The maximum absolute atomic E-state index is 12.7. The highest BCUT2D eigenvalue weighted by Gasteiger charge is 2.25. The molecule has 2 aliphatic heterocycles. The summed E-state index contributed by atoms with van der Waals surface area (Å²) in [6.07, 6.45) is -0.969. The average molecular weight is 437 g/mol. The van der Waals surface area contributed by atoms with Gasteiger partial charge in [-0.05, 0) is 37.3 Å². The van der Waals surface area contributed by atoms with Crippen molar-refractivity contribution >= 4 is 28.9 Å². The van der Waals surface area contributed by atoms with Gasteiger partial charge in [-0.3, -0.25) is 4.79 Å². The number of para-hydroxylation sites is 1. The van der Waals surface area contributed by atoms with E-state index in [0.29, 0.717) is 41.9 Å². The molecule has 0 saturated carbocycles. The lowest BCUT2D eigenvalue weighted by molar-refractivity contribution is -0.123. The number of thiophene rings is 1. The smallest absolute Gasteiger partial charge is 0.349 e. The topological polar surface area (TPSA) is 83.1 Å². The fourth-order valence-electron chi connectivity index (χ4n) is 3.44. The first-order chi connectivity index (χ1) is 15.1. The van der Waals surface area contributed by atoms with E-state index in [1.165, 1.54) is 18.3 Å². The van der Waals surface area contributed by atoms with E-state index < -0.39 is 18.0 Å². The monoisotopic (exact) mass is 437 g/mol. The Morgan fingerprint density at radius 2 is 1.81 bits per heavy atom. The summed E-state index contributed by atoms with van der Waals surface area (Å²) in [6.45, 7) is 2.89. The van der Waals surface area contributed by atoms with Crippen LogP contribution >= 0.6 is 11.3 Å². The van der Waals surface area contributed by atoms with E-state index in [1.54, 1.807) is 24.3 Å². The Hall–Kier alpha value is -3.52. The number of carbonyl (C=O) groups is 2. The highest BCUT2D eigenvalue weighted by molar-refractivity contribution is 7.17. The fraction of sp³-hybridized carbons (Fsp3) is 0.217. The minimum atomic E-state index is -0.969. The van der Waals surface area contributed by atoms with E-state index in [1.807, 2.05) is 24.3 Å². The zero-order chi connectivity index (χ0) is 21.4. The number of carbonyl (C=O) groups excluding carboxylic acids is 2. The van der Waals surface area contributed by atoms with Crippen molar-refractivity contribution in [1.29, 1.82) is 0 Å². The molecule has 0 saturated heterocycles. The number of rotatable bonds is 4. The lowest BCUT2D eigenvalue weighted by Gasteiger charge is -2.19. The molecule has 3 heterocycles. The SMILES string of the molecule is C[C@@H](OC(=O)c1cc2c(s1)-c1ccccc1OC2)C(=O)Nc1ccc2c(c1)OCCO2. The zero-order valence-electron chi connectivity index (χ0n) is 16.7. The lowest BCUT2D eigenvalue weighted by atomic mass is 10.1. The number of esters is 1. The van der Waals surface area contributed by atoms with Crippen LogP contribution in [0.2, 0.25) is 0 Å². The number of amides is 1. The van der Waals surface area contributed by atoms with Crippen molar-refractivity contribution in [2.45, 2.75) is 19.6 Å². The second kappa shape index (κ2) is 7.96. The standard InChI is InChI=1S/C23H19NO6S/c1-13(22(25)24-15-6-7-18-19(11-15)28-9-8-27-18)30-23(26)20-10-14-12-29-17-5-3-2-4-16(17)21(14)31-20/h2-7,10-11,13H,8-9,12H2,1H3,(H,24,25)/t13-/m1/s1. The van der Waals surface area contributed by atoms with E-state index >= 15 is 0 Å². The second-order valence-corrected chi connectivity index (χ2v) is 8.20. The largest absolute Gasteiger partial charge is 0.488 e. The molecule has 1 atom stereocenters. The van der Waals surface area contributed by atoms with Gasteiger partial charge >= 0.3 is 5.97 Å². The second-order valence-electron chi connectivity index (χ2n) is 7.15. The van der Waals surface area contributed by atoms with Gasteiger partial charge in [0, 0.05) is 27.8 Å². The predicted molar refractivity (Wildman–Crippen MR) is 115 cm³/mol. The van der Waals surface area contributed by atoms with Crippen LogP contribution in [0, 0.1) is 0 Å². The van der Waals surface area contributed by atoms with Crippen LogP contribution in [0.3, 0.4) is 0 Å². The number of nitrogens with one attached hydrogen (secondary N) is 1. The van der Waals surface area contributed by atoms with Gasteiger partial charge in [-0.25, -0.2) is 4.79 Å². The number of hydrogen-bond acceptors (Lipinski definition) is 7. The molecule has 1 amide bonds. The maximum Gasteiger partial charge on any atom is 0.349 e. The molecule has 7 nitrogen and oxygen atoms in total. The normalized spacial score (nSPS) is 14.5. The van der Waals surface area contributed by atoms with Gasteiger partial charge in [0.05, 0.1) is 0 Å². The van der Waals surface area contributed by atoms with Crippen LogP contribution in [-0.4, -0.2) is 31.2 Å². The van der Waals surface area contributed by atoms with Crippen LogP contribution in [0.5, 0.6) is 17.2 Å². The molecule has 31 heavy (non-hydrogen) atoms. The molecule has 2 aliphatic rings. The quantitative estimate of drug-likeness (QED) is 0.614. The minimum Gasteiger partial charge on any atom is -0.488 e. The van der Waals surface area contributed by atoms with Gasteiger partial charge in [0.1, 0.15) is 30.4 Å². The van der Waals surface area contributed by atoms with E-state index in [-0.39, 0.29) is 0 Å². The summed E-state index contributed by atoms with van der Waals surface area (Å²) < 4.78 is 22.1. The highest BCUT2D eigenvalue weighted by Crippen LogP contribution is 2.42. The van der Waals surface area contributed by atoms with Crippen molar-refractivity contribution in [2.75, 3.05) is 18.5 Å². The third-order valence-corrected chi connectivity index (χ3v) is 6.18. The summed E-state index contributed by atoms with van der Waals surface area (Å²) >= 11 is 1.34. The Bertz CT molecular complexity index is 1170. The van der Waals surface area contributed by atoms with Gasteiger partial charge < -0.3 is 24.3 Å². The summed E-state index contributed by atoms with van der Waals surface area (Å²) in [4.78, 5) is 26.6. The molecule has 0 radical (unpaired) electrons. The molecular weight excluding hydrogens is 418 g/mol. The maximum atomic E-state index is 12.7. The molecule has 1 aromatic heterocycles. The Labute approximate surface area is 182 Å². The van der Waals surface area contributed by atoms with E-state index in [4.69, 9.17) is 18.9 Å². The van der Waals surface area contributed by atoms with Crippen molar-refractivity contribution in [3.8, 4) is 27.7 Å². The van der Waals surface area contributed by atoms with Crippen LogP contribution in [0.25, 0.3) is 10.4 Å². The number of hydrogen-bond donors (Lipinski definition) is 1. The van der Waals surface area contributed by atoms with Crippen LogP contribution in [0.15, 0.2) is 48.5 Å². The highest BCUT2D eigenvalue weighted by atomic mass is 32.1. The van der Waals surface area contributed by atoms with Gasteiger partial charge in [-0.15, -0.1) is 11.3 Å². The number of fused-ring (bicyclic) bond motifs is 4. The molecule has 1 N–H and O–H groups in total. The van der Waals surface area contributed by atoms with Crippen molar-refractivity contribution < 1.29 is 28.5 Å². The molecule has 0 unspecified atom stereocenters. The number of benzene rings is 2. The molecule has 2 aromatic carbocycles. The third-order valence-electron chi connectivity index (χ3n) is 4.99. The van der Waals surface area contributed by atoms with Gasteiger partial charge in [0.25, 0.3) is 5.91 Å². The van der Waals surface area contributed by atoms with Gasteiger partial charge in [-0.1, -0.05) is 12.1 Å². The average Bonchev–Trinajstić information content (AvgIpc) is 3.24. The van der Waals surface area contributed by atoms with E-state index in [0.717, 1.165) is 21.8 Å². The summed E-state index contributed by atoms with van der Waals surface area (Å²) in [5, 5.41) is 2.74. The molecule has 0 aliphatic carbocycles. The van der Waals surface area contributed by atoms with Crippen LogP contribution < -0.4 is 19.5 Å². The van der Waals surface area contributed by atoms with Crippen LogP contribution in [0.4, 0.5) is 5.69 Å². The van der Waals surface area contributed by atoms with Crippen LogP contribution in [-0.2, 0) is 16.1 Å². The van der Waals surface area contributed by atoms with E-state index in [9.17, 15) is 9.59 Å². The minimum absolute atomic E-state index is 0.399. The van der Waals surface area contributed by atoms with Crippen LogP contribution in [0.1, 0.15) is 22.2 Å². The van der Waals surface area contributed by atoms with Gasteiger partial charge in [0.15, 0.2) is 17.6 Å². The first-order valence-electron chi connectivity index (χ1n) is 9.85. The first kappa shape index (κ1) is 19.4. The Morgan fingerprint density at radius 1 is 1.00 bits per heavy atom. The molecule has 158 valence electrons. The van der Waals surface area contributed by atoms with Gasteiger partial charge in [-0.2, -0.15) is 0 Å². The molecule has 0 fully saturated rings. The predicted octanol–water partition coefficient (Wildman–Crippen LogP) is 4.26. The Balaban J connectivity index is 1.26. The summed E-state index contributed by atoms with van der Waals surface area (Å²) in [5.41, 5.74) is 2.43. The molecule has 5 rings (SSSR count). The summed E-state index contributed by atoms with van der Waals surface area (Å²) in [5.74, 6) is 1.03. The fourth-order valence-corrected chi connectivity index (χ4v) is 4.52. The van der Waals surface area contributed by atoms with Crippen molar-refractivity contribution in [3.63, 3.8) is 0 Å². The molecule has 0 spiro atoms.